The van der Waals surface area contributed by atoms with E-state index in [-0.39, 0.29) is 11.8 Å². The highest BCUT2D eigenvalue weighted by Crippen LogP contribution is 2.31. The van der Waals surface area contributed by atoms with Crippen molar-refractivity contribution in [1.29, 1.82) is 0 Å². The van der Waals surface area contributed by atoms with Crippen LogP contribution in [0.2, 0.25) is 5.02 Å². The number of methoxy groups -OCH3 is 1. The molecule has 2 aromatic carbocycles. The summed E-state index contributed by atoms with van der Waals surface area (Å²) in [6.45, 7) is 1.05. The molecule has 8 heteroatoms. The van der Waals surface area contributed by atoms with Gasteiger partial charge in [0.05, 0.1) is 18.6 Å². The summed E-state index contributed by atoms with van der Waals surface area (Å²) in [7, 11) is 1.57. The van der Waals surface area contributed by atoms with Gasteiger partial charge in [-0.2, -0.15) is 4.98 Å². The Morgan fingerprint density at radius 1 is 1.30 bits per heavy atom. The zero-order valence-corrected chi connectivity index (χ0v) is 16.7. The van der Waals surface area contributed by atoms with Gasteiger partial charge < -0.3 is 14.2 Å². The van der Waals surface area contributed by atoms with Gasteiger partial charge in [-0.15, -0.1) is 0 Å². The molecule has 0 N–H and O–H groups in total. The lowest BCUT2D eigenvalue weighted by Gasteiger charge is -2.37. The Kier molecular flexibility index (Phi) is 4.88. The average molecular weight is 449 g/mol. The smallest absolute Gasteiger partial charge is 0.255 e. The second-order valence-electron chi connectivity index (χ2n) is 6.22. The summed E-state index contributed by atoms with van der Waals surface area (Å²) in [4.78, 5) is 18.9. The third-order valence-electron chi connectivity index (χ3n) is 4.45. The normalized spacial score (nSPS) is 14.1. The maximum Gasteiger partial charge on any atom is 0.255 e. The van der Waals surface area contributed by atoms with Crippen LogP contribution in [0.4, 0.5) is 0 Å². The maximum absolute atomic E-state index is 12.7. The third kappa shape index (κ3) is 3.57. The summed E-state index contributed by atoms with van der Waals surface area (Å²) in [6.07, 6.45) is 0. The molecule has 1 amide bonds. The van der Waals surface area contributed by atoms with Gasteiger partial charge >= 0.3 is 0 Å². The van der Waals surface area contributed by atoms with Gasteiger partial charge in [-0.1, -0.05) is 28.9 Å². The first-order chi connectivity index (χ1) is 13.0. The van der Waals surface area contributed by atoms with Crippen molar-refractivity contribution in [3.05, 3.63) is 63.4 Å². The van der Waals surface area contributed by atoms with Crippen LogP contribution in [0, 0.1) is 0 Å². The lowest BCUT2D eigenvalue weighted by atomic mass is 9.98. The van der Waals surface area contributed by atoms with Gasteiger partial charge in [-0.3, -0.25) is 4.79 Å². The molecule has 2 heterocycles. The fraction of sp³-hybridized carbons (Fsp3) is 0.211. The Labute approximate surface area is 169 Å². The number of aromatic nitrogens is 2. The number of nitrogens with zero attached hydrogens (tertiary/aromatic N) is 3. The first-order valence-electron chi connectivity index (χ1n) is 8.27. The molecule has 0 bridgehead atoms. The Balaban J connectivity index is 1.45. The lowest BCUT2D eigenvalue weighted by Crippen LogP contribution is -2.48. The summed E-state index contributed by atoms with van der Waals surface area (Å²) in [6, 6.07) is 12.6. The molecule has 0 unspecified atom stereocenters. The van der Waals surface area contributed by atoms with Gasteiger partial charge in [0.15, 0.2) is 0 Å². The molecule has 1 saturated heterocycles. The molecule has 0 radical (unpaired) electrons. The van der Waals surface area contributed by atoms with Crippen LogP contribution < -0.4 is 4.74 Å². The van der Waals surface area contributed by atoms with Crippen LogP contribution >= 0.6 is 27.5 Å². The molecular formula is C19H15BrClN3O3. The fourth-order valence-corrected chi connectivity index (χ4v) is 3.52. The largest absolute Gasteiger partial charge is 0.497 e. The molecule has 1 fully saturated rings. The molecular weight excluding hydrogens is 434 g/mol. The molecule has 6 nitrogen and oxygen atoms in total. The van der Waals surface area contributed by atoms with E-state index in [1.165, 1.54) is 0 Å². The molecule has 1 aromatic heterocycles. The highest BCUT2D eigenvalue weighted by atomic mass is 79.9. The number of amides is 1. The first-order valence-corrected chi connectivity index (χ1v) is 9.44. The van der Waals surface area contributed by atoms with Crippen LogP contribution in [0.5, 0.6) is 5.75 Å². The minimum absolute atomic E-state index is 0.0266. The summed E-state index contributed by atoms with van der Waals surface area (Å²) in [5, 5.41) is 4.64. The summed E-state index contributed by atoms with van der Waals surface area (Å²) in [5.41, 5.74) is 1.36. The minimum atomic E-state index is -0.0633. The first kappa shape index (κ1) is 18.0. The van der Waals surface area contributed by atoms with Crippen LogP contribution in [0.1, 0.15) is 22.2 Å². The molecule has 4 rings (SSSR count). The summed E-state index contributed by atoms with van der Waals surface area (Å²) < 4.78 is 11.3. The highest BCUT2D eigenvalue weighted by molar-refractivity contribution is 9.10. The molecule has 138 valence electrons. The van der Waals surface area contributed by atoms with Gasteiger partial charge in [0, 0.05) is 28.1 Å². The van der Waals surface area contributed by atoms with Crippen molar-refractivity contribution in [1.82, 2.24) is 15.0 Å². The quantitative estimate of drug-likeness (QED) is 0.592. The molecule has 0 aliphatic carbocycles. The van der Waals surface area contributed by atoms with Gasteiger partial charge in [-0.05, 0) is 46.3 Å². The van der Waals surface area contributed by atoms with Gasteiger partial charge in [0.1, 0.15) is 5.75 Å². The molecule has 1 aliphatic heterocycles. The van der Waals surface area contributed by atoms with E-state index in [4.69, 9.17) is 20.9 Å². The van der Waals surface area contributed by atoms with Gasteiger partial charge in [0.2, 0.25) is 11.7 Å². The Hall–Kier alpha value is -2.38. The number of rotatable bonds is 4. The van der Waals surface area contributed by atoms with E-state index in [9.17, 15) is 4.79 Å². The zero-order chi connectivity index (χ0) is 19.0. The third-order valence-corrected chi connectivity index (χ3v) is 5.37. The standard InChI is InChI=1S/C19H15BrClN3O3/c1-26-14-5-6-16(20)15(8-14)19(25)24-9-12(10-24)18-22-17(23-27-18)11-3-2-4-13(21)7-11/h2-8,12H,9-10H2,1H3. The Morgan fingerprint density at radius 2 is 2.11 bits per heavy atom. The fourth-order valence-electron chi connectivity index (χ4n) is 2.91. The van der Waals surface area contributed by atoms with E-state index >= 15 is 0 Å². The molecule has 0 atom stereocenters. The molecule has 1 aliphatic rings. The van der Waals surface area contributed by atoms with E-state index in [1.54, 1.807) is 42.3 Å². The second-order valence-corrected chi connectivity index (χ2v) is 7.51. The minimum Gasteiger partial charge on any atom is -0.497 e. The van der Waals surface area contributed by atoms with Gasteiger partial charge in [-0.25, -0.2) is 0 Å². The SMILES string of the molecule is COc1ccc(Br)c(C(=O)N2CC(c3nc(-c4cccc(Cl)c4)no3)C2)c1. The van der Waals surface area contributed by atoms with Crippen LogP contribution in [0.15, 0.2) is 51.5 Å². The number of hydrogen-bond donors (Lipinski definition) is 0. The number of halogens is 2. The van der Waals surface area contributed by atoms with Crippen molar-refractivity contribution in [3.8, 4) is 17.1 Å². The summed E-state index contributed by atoms with van der Waals surface area (Å²) in [5.74, 6) is 1.62. The van der Waals surface area contributed by atoms with Crippen LogP contribution in [-0.2, 0) is 0 Å². The Bertz CT molecular complexity index is 1000. The maximum atomic E-state index is 12.7. The van der Waals surface area contributed by atoms with Gasteiger partial charge in [0.25, 0.3) is 5.91 Å². The van der Waals surface area contributed by atoms with Crippen molar-refractivity contribution < 1.29 is 14.1 Å². The van der Waals surface area contributed by atoms with Crippen LogP contribution in [0.3, 0.4) is 0 Å². The van der Waals surface area contributed by atoms with E-state index < -0.39 is 0 Å². The van der Waals surface area contributed by atoms with Crippen molar-refractivity contribution in [2.45, 2.75) is 5.92 Å². The van der Waals surface area contributed by atoms with E-state index in [2.05, 4.69) is 26.1 Å². The number of carbonyl (C=O) groups is 1. The lowest BCUT2D eigenvalue weighted by molar-refractivity contribution is 0.0568. The van der Waals surface area contributed by atoms with E-state index in [1.807, 2.05) is 12.1 Å². The number of carbonyl (C=O) groups excluding carboxylic acids is 1. The number of benzene rings is 2. The topological polar surface area (TPSA) is 68.5 Å². The molecule has 0 spiro atoms. The van der Waals surface area contributed by atoms with E-state index in [0.29, 0.717) is 41.1 Å². The number of likely N-dealkylation sites (tertiary alicyclic amines) is 1. The molecule has 27 heavy (non-hydrogen) atoms. The van der Waals surface area contributed by atoms with Crippen molar-refractivity contribution in [2.24, 2.45) is 0 Å². The van der Waals surface area contributed by atoms with E-state index in [0.717, 1.165) is 10.0 Å². The molecule has 3 aromatic rings. The Morgan fingerprint density at radius 3 is 2.85 bits per heavy atom. The van der Waals surface area contributed by atoms with Crippen LogP contribution in [0.25, 0.3) is 11.4 Å². The predicted molar refractivity (Wildman–Crippen MR) is 104 cm³/mol. The van der Waals surface area contributed by atoms with Crippen molar-refractivity contribution >= 4 is 33.4 Å². The highest BCUT2D eigenvalue weighted by Gasteiger charge is 2.36. The molecule has 0 saturated carbocycles. The number of hydrogen-bond acceptors (Lipinski definition) is 5. The second kappa shape index (κ2) is 7.32. The average Bonchev–Trinajstić information content (AvgIpc) is 3.10. The van der Waals surface area contributed by atoms with Crippen molar-refractivity contribution in [3.63, 3.8) is 0 Å². The summed E-state index contributed by atoms with van der Waals surface area (Å²) >= 11 is 9.43. The monoisotopic (exact) mass is 447 g/mol. The zero-order valence-electron chi connectivity index (χ0n) is 14.4. The number of ether oxygens (including phenoxy) is 1. The van der Waals surface area contributed by atoms with Crippen molar-refractivity contribution in [2.75, 3.05) is 20.2 Å². The van der Waals surface area contributed by atoms with Crippen LogP contribution in [-0.4, -0.2) is 41.1 Å². The predicted octanol–water partition coefficient (Wildman–Crippen LogP) is 4.40.